The SMILES string of the molecule is CCn1ccc(CN2CCC3(CC2)CN(Cc2ccco2)CCO3)n1. The summed E-state index contributed by atoms with van der Waals surface area (Å²) in [6, 6.07) is 6.15. The zero-order valence-electron chi connectivity index (χ0n) is 15.1. The predicted molar refractivity (Wildman–Crippen MR) is 95.1 cm³/mol. The maximum atomic E-state index is 6.26. The van der Waals surface area contributed by atoms with Crippen molar-refractivity contribution in [2.75, 3.05) is 32.8 Å². The molecule has 1 spiro atoms. The summed E-state index contributed by atoms with van der Waals surface area (Å²) in [5, 5.41) is 4.61. The van der Waals surface area contributed by atoms with Gasteiger partial charge in [0.15, 0.2) is 0 Å². The summed E-state index contributed by atoms with van der Waals surface area (Å²) in [5.74, 6) is 1.04. The van der Waals surface area contributed by atoms with Crippen LogP contribution in [0, 0.1) is 0 Å². The van der Waals surface area contributed by atoms with Gasteiger partial charge in [-0.1, -0.05) is 0 Å². The molecule has 2 aromatic rings. The smallest absolute Gasteiger partial charge is 0.117 e. The summed E-state index contributed by atoms with van der Waals surface area (Å²) in [6.45, 7) is 9.85. The number of likely N-dealkylation sites (tertiary alicyclic amines) is 1. The highest BCUT2D eigenvalue weighted by Gasteiger charge is 2.39. The van der Waals surface area contributed by atoms with Crippen molar-refractivity contribution in [2.45, 2.75) is 45.0 Å². The molecule has 6 nitrogen and oxygen atoms in total. The van der Waals surface area contributed by atoms with Crippen molar-refractivity contribution in [1.29, 1.82) is 0 Å². The molecule has 0 N–H and O–H groups in total. The van der Waals surface area contributed by atoms with Gasteiger partial charge in [-0.15, -0.1) is 0 Å². The van der Waals surface area contributed by atoms with Gasteiger partial charge in [0.2, 0.25) is 0 Å². The summed E-state index contributed by atoms with van der Waals surface area (Å²) in [6.07, 6.45) is 6.01. The molecule has 0 amide bonds. The van der Waals surface area contributed by atoms with Crippen molar-refractivity contribution < 1.29 is 9.15 Å². The fourth-order valence-electron chi connectivity index (χ4n) is 4.00. The highest BCUT2D eigenvalue weighted by atomic mass is 16.5. The average molecular weight is 344 g/mol. The Kier molecular flexibility index (Phi) is 4.92. The van der Waals surface area contributed by atoms with E-state index in [1.807, 2.05) is 10.7 Å². The van der Waals surface area contributed by atoms with Crippen molar-refractivity contribution in [2.24, 2.45) is 0 Å². The molecule has 0 saturated carbocycles. The molecule has 2 fully saturated rings. The van der Waals surface area contributed by atoms with Crippen LogP contribution in [0.2, 0.25) is 0 Å². The maximum Gasteiger partial charge on any atom is 0.117 e. The standard InChI is InChI=1S/C19H28N4O2/c1-2-23-8-5-17(20-23)14-21-9-6-19(7-10-21)16-22(11-13-25-19)15-18-4-3-12-24-18/h3-5,8,12H,2,6-7,9-11,13-16H2,1H3. The summed E-state index contributed by atoms with van der Waals surface area (Å²) in [7, 11) is 0. The number of aromatic nitrogens is 2. The first kappa shape index (κ1) is 16.8. The minimum absolute atomic E-state index is 0.0180. The van der Waals surface area contributed by atoms with E-state index >= 15 is 0 Å². The molecule has 2 saturated heterocycles. The largest absolute Gasteiger partial charge is 0.468 e. The molecule has 4 heterocycles. The van der Waals surface area contributed by atoms with E-state index in [1.54, 1.807) is 6.26 Å². The van der Waals surface area contributed by atoms with Crippen LogP contribution >= 0.6 is 0 Å². The number of rotatable bonds is 5. The third-order valence-corrected chi connectivity index (χ3v) is 5.46. The van der Waals surface area contributed by atoms with E-state index in [9.17, 15) is 0 Å². The van der Waals surface area contributed by atoms with Crippen LogP contribution in [0.25, 0.3) is 0 Å². The predicted octanol–water partition coefficient (Wildman–Crippen LogP) is 2.36. The van der Waals surface area contributed by atoms with Gasteiger partial charge in [-0.3, -0.25) is 14.5 Å². The lowest BCUT2D eigenvalue weighted by atomic mass is 9.89. The van der Waals surface area contributed by atoms with Crippen molar-refractivity contribution in [3.8, 4) is 0 Å². The van der Waals surface area contributed by atoms with Crippen LogP contribution in [0.1, 0.15) is 31.2 Å². The molecule has 2 aliphatic heterocycles. The molecule has 2 aromatic heterocycles. The van der Waals surface area contributed by atoms with Crippen LogP contribution in [-0.4, -0.2) is 58.0 Å². The summed E-state index contributed by atoms with van der Waals surface area (Å²) in [5.41, 5.74) is 1.19. The first-order chi connectivity index (χ1) is 12.2. The summed E-state index contributed by atoms with van der Waals surface area (Å²) < 4.78 is 13.8. The van der Waals surface area contributed by atoms with E-state index in [0.29, 0.717) is 0 Å². The van der Waals surface area contributed by atoms with Gasteiger partial charge in [0.1, 0.15) is 5.76 Å². The van der Waals surface area contributed by atoms with Gasteiger partial charge in [0.05, 0.1) is 30.7 Å². The van der Waals surface area contributed by atoms with Crippen molar-refractivity contribution in [1.82, 2.24) is 19.6 Å². The molecular formula is C19H28N4O2. The van der Waals surface area contributed by atoms with Gasteiger partial charge >= 0.3 is 0 Å². The number of hydrogen-bond donors (Lipinski definition) is 0. The van der Waals surface area contributed by atoms with E-state index in [1.165, 1.54) is 5.69 Å². The Morgan fingerprint density at radius 3 is 2.72 bits per heavy atom. The van der Waals surface area contributed by atoms with E-state index in [2.05, 4.69) is 40.2 Å². The summed E-state index contributed by atoms with van der Waals surface area (Å²) >= 11 is 0. The van der Waals surface area contributed by atoms with Gasteiger partial charge < -0.3 is 9.15 Å². The van der Waals surface area contributed by atoms with E-state index in [-0.39, 0.29) is 5.60 Å². The normalized spacial score (nSPS) is 21.8. The Morgan fingerprint density at radius 2 is 2.00 bits per heavy atom. The van der Waals surface area contributed by atoms with Gasteiger partial charge in [-0.05, 0) is 38.0 Å². The number of piperidine rings is 1. The van der Waals surface area contributed by atoms with Crippen LogP contribution in [-0.2, 0) is 24.4 Å². The van der Waals surface area contributed by atoms with E-state index in [4.69, 9.17) is 9.15 Å². The Bertz CT molecular complexity index is 659. The van der Waals surface area contributed by atoms with Gasteiger partial charge in [-0.2, -0.15) is 5.10 Å². The number of aryl methyl sites for hydroxylation is 1. The second-order valence-electron chi connectivity index (χ2n) is 7.26. The third kappa shape index (κ3) is 3.97. The minimum Gasteiger partial charge on any atom is -0.468 e. The van der Waals surface area contributed by atoms with E-state index < -0.39 is 0 Å². The number of furan rings is 1. The highest BCUT2D eigenvalue weighted by molar-refractivity contribution is 5.02. The Labute approximate surface area is 149 Å². The van der Waals surface area contributed by atoms with Crippen LogP contribution < -0.4 is 0 Å². The quantitative estimate of drug-likeness (QED) is 0.833. The molecule has 0 aromatic carbocycles. The molecule has 0 atom stereocenters. The molecule has 6 heteroatoms. The first-order valence-electron chi connectivity index (χ1n) is 9.38. The third-order valence-electron chi connectivity index (χ3n) is 5.46. The zero-order chi connectivity index (χ0) is 17.1. The van der Waals surface area contributed by atoms with Crippen LogP contribution in [0.15, 0.2) is 35.1 Å². The number of hydrogen-bond acceptors (Lipinski definition) is 5. The Balaban J connectivity index is 1.30. The lowest BCUT2D eigenvalue weighted by Crippen LogP contribution is -2.56. The second kappa shape index (κ2) is 7.32. The van der Waals surface area contributed by atoms with Crippen molar-refractivity contribution >= 4 is 0 Å². The van der Waals surface area contributed by atoms with Gasteiger partial charge in [0.25, 0.3) is 0 Å². The number of nitrogens with zero attached hydrogens (tertiary/aromatic N) is 4. The molecule has 25 heavy (non-hydrogen) atoms. The molecule has 0 unspecified atom stereocenters. The van der Waals surface area contributed by atoms with Crippen LogP contribution in [0.5, 0.6) is 0 Å². The van der Waals surface area contributed by atoms with Crippen LogP contribution in [0.3, 0.4) is 0 Å². The first-order valence-corrected chi connectivity index (χ1v) is 9.38. The highest BCUT2D eigenvalue weighted by Crippen LogP contribution is 2.31. The lowest BCUT2D eigenvalue weighted by Gasteiger charge is -2.47. The maximum absolute atomic E-state index is 6.26. The van der Waals surface area contributed by atoms with Crippen molar-refractivity contribution in [3.05, 3.63) is 42.1 Å². The monoisotopic (exact) mass is 344 g/mol. The van der Waals surface area contributed by atoms with E-state index in [0.717, 1.165) is 71.0 Å². The average Bonchev–Trinajstić information content (AvgIpc) is 3.29. The molecule has 0 bridgehead atoms. The molecule has 0 aliphatic carbocycles. The second-order valence-corrected chi connectivity index (χ2v) is 7.26. The molecule has 0 radical (unpaired) electrons. The zero-order valence-corrected chi connectivity index (χ0v) is 15.1. The fraction of sp³-hybridized carbons (Fsp3) is 0.632. The lowest BCUT2D eigenvalue weighted by molar-refractivity contribution is -0.139. The number of ether oxygens (including phenoxy) is 1. The Hall–Kier alpha value is -1.63. The van der Waals surface area contributed by atoms with Crippen molar-refractivity contribution in [3.63, 3.8) is 0 Å². The van der Waals surface area contributed by atoms with Gasteiger partial charge in [0, 0.05) is 45.5 Å². The molecular weight excluding hydrogens is 316 g/mol. The topological polar surface area (TPSA) is 46.7 Å². The number of morpholine rings is 1. The van der Waals surface area contributed by atoms with Crippen LogP contribution in [0.4, 0.5) is 0 Å². The molecule has 136 valence electrons. The minimum atomic E-state index is 0.0180. The fourth-order valence-corrected chi connectivity index (χ4v) is 4.00. The summed E-state index contributed by atoms with van der Waals surface area (Å²) in [4.78, 5) is 4.98. The Morgan fingerprint density at radius 1 is 1.12 bits per heavy atom. The molecule has 4 rings (SSSR count). The van der Waals surface area contributed by atoms with Gasteiger partial charge in [-0.25, -0.2) is 0 Å². The molecule has 2 aliphatic rings.